The third-order valence-electron chi connectivity index (χ3n) is 3.83. The number of hydrogen-bond donors (Lipinski definition) is 2. The predicted octanol–water partition coefficient (Wildman–Crippen LogP) is 3.17. The van der Waals surface area contributed by atoms with Gasteiger partial charge in [0, 0.05) is 13.2 Å². The number of nitrogens with one attached hydrogen (secondary N) is 1. The molecule has 1 aromatic rings. The highest BCUT2D eigenvalue weighted by Crippen LogP contribution is 2.23. The summed E-state index contributed by atoms with van der Waals surface area (Å²) in [5.74, 6) is 5.68. The summed E-state index contributed by atoms with van der Waals surface area (Å²) in [6.45, 7) is 10.9. The van der Waals surface area contributed by atoms with E-state index < -0.39 is 0 Å². The molecule has 0 heterocycles. The SMILES string of the molecule is COC(C)(C)CC(Cc1ccc(C(C)(C)C)cc1)NN. The Bertz CT molecular complexity index is 404. The summed E-state index contributed by atoms with van der Waals surface area (Å²) in [4.78, 5) is 0. The molecule has 0 fully saturated rings. The smallest absolute Gasteiger partial charge is 0.0638 e. The third-order valence-corrected chi connectivity index (χ3v) is 3.83. The highest BCUT2D eigenvalue weighted by Gasteiger charge is 2.22. The molecule has 1 aromatic carbocycles. The Morgan fingerprint density at radius 3 is 2.05 bits per heavy atom. The summed E-state index contributed by atoms with van der Waals surface area (Å²) >= 11 is 0. The monoisotopic (exact) mass is 278 g/mol. The van der Waals surface area contributed by atoms with E-state index in [1.807, 2.05) is 0 Å². The van der Waals surface area contributed by atoms with Crippen LogP contribution in [0.25, 0.3) is 0 Å². The van der Waals surface area contributed by atoms with E-state index in [9.17, 15) is 0 Å². The molecule has 3 N–H and O–H groups in total. The van der Waals surface area contributed by atoms with Crippen LogP contribution in [-0.4, -0.2) is 18.8 Å². The van der Waals surface area contributed by atoms with E-state index >= 15 is 0 Å². The number of nitrogens with two attached hydrogens (primary N) is 1. The molecule has 3 nitrogen and oxygen atoms in total. The molecule has 0 aliphatic rings. The van der Waals surface area contributed by atoms with Crippen molar-refractivity contribution in [3.63, 3.8) is 0 Å². The molecule has 0 bridgehead atoms. The Kier molecular flexibility index (Phi) is 5.75. The summed E-state index contributed by atoms with van der Waals surface area (Å²) in [5.41, 5.74) is 5.59. The van der Waals surface area contributed by atoms with Crippen LogP contribution in [0.4, 0.5) is 0 Å². The van der Waals surface area contributed by atoms with Crippen LogP contribution in [0, 0.1) is 0 Å². The fourth-order valence-corrected chi connectivity index (χ4v) is 2.29. The first-order valence-corrected chi connectivity index (χ1v) is 7.28. The van der Waals surface area contributed by atoms with Crippen LogP contribution in [0.3, 0.4) is 0 Å². The van der Waals surface area contributed by atoms with Gasteiger partial charge in [-0.1, -0.05) is 45.0 Å². The van der Waals surface area contributed by atoms with E-state index in [4.69, 9.17) is 10.6 Å². The lowest BCUT2D eigenvalue weighted by Gasteiger charge is -2.28. The topological polar surface area (TPSA) is 47.3 Å². The van der Waals surface area contributed by atoms with Crippen molar-refractivity contribution < 1.29 is 4.74 Å². The van der Waals surface area contributed by atoms with Gasteiger partial charge in [-0.2, -0.15) is 0 Å². The highest BCUT2D eigenvalue weighted by atomic mass is 16.5. The normalized spacial score (nSPS) is 14.3. The van der Waals surface area contributed by atoms with Gasteiger partial charge in [0.25, 0.3) is 0 Å². The Morgan fingerprint density at radius 1 is 1.10 bits per heavy atom. The molecule has 3 heteroatoms. The van der Waals surface area contributed by atoms with Crippen LogP contribution >= 0.6 is 0 Å². The molecule has 20 heavy (non-hydrogen) atoms. The van der Waals surface area contributed by atoms with Gasteiger partial charge in [0.1, 0.15) is 0 Å². The van der Waals surface area contributed by atoms with Crippen molar-refractivity contribution in [1.29, 1.82) is 0 Å². The molecular weight excluding hydrogens is 248 g/mol. The first-order chi connectivity index (χ1) is 9.18. The zero-order valence-corrected chi connectivity index (χ0v) is 13.8. The Balaban J connectivity index is 2.71. The second kappa shape index (κ2) is 6.70. The van der Waals surface area contributed by atoms with Crippen molar-refractivity contribution >= 4 is 0 Å². The molecule has 114 valence electrons. The number of hydrogen-bond acceptors (Lipinski definition) is 3. The zero-order chi connectivity index (χ0) is 15.4. The maximum Gasteiger partial charge on any atom is 0.0638 e. The summed E-state index contributed by atoms with van der Waals surface area (Å²) in [5, 5.41) is 0. The van der Waals surface area contributed by atoms with Gasteiger partial charge in [0.05, 0.1) is 5.60 Å². The van der Waals surface area contributed by atoms with E-state index in [2.05, 4.69) is 64.3 Å². The Hall–Kier alpha value is -0.900. The lowest BCUT2D eigenvalue weighted by Crippen LogP contribution is -2.42. The third kappa shape index (κ3) is 5.23. The minimum Gasteiger partial charge on any atom is -0.379 e. The molecule has 0 aromatic heterocycles. The summed E-state index contributed by atoms with van der Waals surface area (Å²) in [6.07, 6.45) is 1.79. The summed E-state index contributed by atoms with van der Waals surface area (Å²) in [7, 11) is 1.74. The number of methoxy groups -OCH3 is 1. The minimum atomic E-state index is -0.164. The Morgan fingerprint density at radius 2 is 1.65 bits per heavy atom. The fraction of sp³-hybridized carbons (Fsp3) is 0.647. The molecule has 0 radical (unpaired) electrons. The van der Waals surface area contributed by atoms with Crippen LogP contribution in [0.1, 0.15) is 52.2 Å². The lowest BCUT2D eigenvalue weighted by molar-refractivity contribution is 0.00711. The van der Waals surface area contributed by atoms with E-state index in [0.717, 1.165) is 12.8 Å². The van der Waals surface area contributed by atoms with Gasteiger partial charge >= 0.3 is 0 Å². The summed E-state index contributed by atoms with van der Waals surface area (Å²) in [6, 6.07) is 9.04. The van der Waals surface area contributed by atoms with Gasteiger partial charge in [-0.25, -0.2) is 0 Å². The maximum atomic E-state index is 5.68. The van der Waals surface area contributed by atoms with Gasteiger partial charge in [0.2, 0.25) is 0 Å². The first-order valence-electron chi connectivity index (χ1n) is 7.28. The van der Waals surface area contributed by atoms with E-state index in [-0.39, 0.29) is 17.1 Å². The summed E-state index contributed by atoms with van der Waals surface area (Å²) < 4.78 is 5.48. The Labute approximate surface area is 123 Å². The number of benzene rings is 1. The van der Waals surface area contributed by atoms with Crippen molar-refractivity contribution in [2.45, 2.75) is 64.5 Å². The van der Waals surface area contributed by atoms with Gasteiger partial charge in [-0.15, -0.1) is 0 Å². The van der Waals surface area contributed by atoms with Crippen molar-refractivity contribution in [2.24, 2.45) is 5.84 Å². The molecule has 1 unspecified atom stereocenters. The predicted molar refractivity (Wildman–Crippen MR) is 85.7 cm³/mol. The van der Waals surface area contributed by atoms with E-state index in [1.165, 1.54) is 11.1 Å². The first kappa shape index (κ1) is 17.2. The average Bonchev–Trinajstić information content (AvgIpc) is 2.37. The zero-order valence-electron chi connectivity index (χ0n) is 13.8. The van der Waals surface area contributed by atoms with Crippen molar-refractivity contribution in [1.82, 2.24) is 5.43 Å². The molecule has 0 amide bonds. The quantitative estimate of drug-likeness (QED) is 0.620. The van der Waals surface area contributed by atoms with Crippen LogP contribution in [0.15, 0.2) is 24.3 Å². The highest BCUT2D eigenvalue weighted by molar-refractivity contribution is 5.28. The fourth-order valence-electron chi connectivity index (χ4n) is 2.29. The molecule has 0 aliphatic heterocycles. The van der Waals surface area contributed by atoms with Crippen LogP contribution in [-0.2, 0) is 16.6 Å². The maximum absolute atomic E-state index is 5.68. The van der Waals surface area contributed by atoms with Crippen LogP contribution < -0.4 is 11.3 Å². The number of ether oxygens (including phenoxy) is 1. The van der Waals surface area contributed by atoms with Gasteiger partial charge in [-0.05, 0) is 43.2 Å². The minimum absolute atomic E-state index is 0.164. The number of rotatable bonds is 6. The van der Waals surface area contributed by atoms with Crippen molar-refractivity contribution in [3.8, 4) is 0 Å². The average molecular weight is 278 g/mol. The molecule has 0 saturated carbocycles. The van der Waals surface area contributed by atoms with Gasteiger partial charge in [0.15, 0.2) is 0 Å². The second-order valence-corrected chi connectivity index (χ2v) is 7.18. The van der Waals surface area contributed by atoms with Crippen molar-refractivity contribution in [2.75, 3.05) is 7.11 Å². The van der Waals surface area contributed by atoms with Crippen LogP contribution in [0.2, 0.25) is 0 Å². The van der Waals surface area contributed by atoms with E-state index in [1.54, 1.807) is 7.11 Å². The molecule has 0 spiro atoms. The standard InChI is InChI=1S/C17H30N2O/c1-16(2,3)14-9-7-13(8-10-14)11-15(19-18)12-17(4,5)20-6/h7-10,15,19H,11-12,18H2,1-6H3. The van der Waals surface area contributed by atoms with Gasteiger partial charge in [-0.3, -0.25) is 11.3 Å². The molecule has 0 aliphatic carbocycles. The molecular formula is C17H30N2O. The largest absolute Gasteiger partial charge is 0.379 e. The van der Waals surface area contributed by atoms with Crippen LogP contribution in [0.5, 0.6) is 0 Å². The van der Waals surface area contributed by atoms with Gasteiger partial charge < -0.3 is 4.74 Å². The van der Waals surface area contributed by atoms with Crippen molar-refractivity contribution in [3.05, 3.63) is 35.4 Å². The number of hydrazine groups is 1. The lowest BCUT2D eigenvalue weighted by atomic mass is 9.86. The molecule has 1 rings (SSSR count). The second-order valence-electron chi connectivity index (χ2n) is 7.18. The molecule has 0 saturated heterocycles. The molecule has 1 atom stereocenters. The van der Waals surface area contributed by atoms with E-state index in [0.29, 0.717) is 0 Å².